The van der Waals surface area contributed by atoms with Gasteiger partial charge in [0, 0.05) is 17.1 Å². The van der Waals surface area contributed by atoms with Crippen molar-refractivity contribution in [1.82, 2.24) is 25.1 Å². The van der Waals surface area contributed by atoms with Gasteiger partial charge < -0.3 is 4.98 Å². The Bertz CT molecular complexity index is 848. The number of pyridine rings is 1. The van der Waals surface area contributed by atoms with Gasteiger partial charge in [0.25, 0.3) is 0 Å². The molecular weight excluding hydrogens is 238 g/mol. The Kier molecular flexibility index (Phi) is 2.05. The van der Waals surface area contributed by atoms with Crippen LogP contribution in [0.2, 0.25) is 0 Å². The van der Waals surface area contributed by atoms with Gasteiger partial charge in [-0.25, -0.2) is 4.98 Å². The van der Waals surface area contributed by atoms with E-state index in [0.717, 1.165) is 27.6 Å². The number of rotatable bonds is 1. The number of H-pyrrole nitrogens is 1. The summed E-state index contributed by atoms with van der Waals surface area (Å²) >= 11 is 0. The van der Waals surface area contributed by atoms with Crippen molar-refractivity contribution in [3.8, 4) is 11.5 Å². The van der Waals surface area contributed by atoms with E-state index in [9.17, 15) is 0 Å². The van der Waals surface area contributed by atoms with Crippen molar-refractivity contribution < 1.29 is 0 Å². The van der Waals surface area contributed by atoms with Gasteiger partial charge in [-0.2, -0.15) is 0 Å². The summed E-state index contributed by atoms with van der Waals surface area (Å²) in [4.78, 5) is 11.8. The molecule has 4 rings (SSSR count). The quantitative estimate of drug-likeness (QED) is 0.561. The van der Waals surface area contributed by atoms with Crippen LogP contribution in [0.25, 0.3) is 33.5 Å². The number of nitrogens with zero attached hydrogens (tertiary/aromatic N) is 4. The van der Waals surface area contributed by atoms with Gasteiger partial charge in [0.2, 0.25) is 0 Å². The van der Waals surface area contributed by atoms with Gasteiger partial charge >= 0.3 is 0 Å². The van der Waals surface area contributed by atoms with Crippen LogP contribution in [0, 0.1) is 0 Å². The van der Waals surface area contributed by atoms with Gasteiger partial charge in [-0.3, -0.25) is 4.98 Å². The van der Waals surface area contributed by atoms with E-state index in [-0.39, 0.29) is 0 Å². The van der Waals surface area contributed by atoms with E-state index in [4.69, 9.17) is 0 Å². The molecule has 3 heterocycles. The van der Waals surface area contributed by atoms with Crippen molar-refractivity contribution in [2.24, 2.45) is 0 Å². The highest BCUT2D eigenvalue weighted by molar-refractivity contribution is 5.85. The molecule has 0 saturated heterocycles. The van der Waals surface area contributed by atoms with Crippen LogP contribution in [-0.4, -0.2) is 25.1 Å². The maximum Gasteiger partial charge on any atom is 0.198 e. The van der Waals surface area contributed by atoms with Crippen LogP contribution < -0.4 is 0 Å². The van der Waals surface area contributed by atoms with Crippen molar-refractivity contribution in [1.29, 1.82) is 0 Å². The molecule has 0 aliphatic heterocycles. The van der Waals surface area contributed by atoms with Crippen molar-refractivity contribution in [2.75, 3.05) is 0 Å². The summed E-state index contributed by atoms with van der Waals surface area (Å²) in [6.45, 7) is 0. The van der Waals surface area contributed by atoms with Crippen LogP contribution in [0.4, 0.5) is 0 Å². The number of aromatic nitrogens is 5. The first-order valence-corrected chi connectivity index (χ1v) is 5.93. The number of nitrogens with one attached hydrogen (secondary N) is 1. The molecule has 5 nitrogen and oxygen atoms in total. The zero-order chi connectivity index (χ0) is 12.7. The van der Waals surface area contributed by atoms with Crippen molar-refractivity contribution in [2.45, 2.75) is 0 Å². The van der Waals surface area contributed by atoms with E-state index in [0.29, 0.717) is 5.82 Å². The molecule has 0 fully saturated rings. The molecule has 0 saturated carbocycles. The lowest BCUT2D eigenvalue weighted by Crippen LogP contribution is -1.94. The smallest absolute Gasteiger partial charge is 0.198 e. The minimum atomic E-state index is 0.580. The zero-order valence-electron chi connectivity index (χ0n) is 9.91. The Morgan fingerprint density at radius 2 is 1.89 bits per heavy atom. The fraction of sp³-hybridized carbons (Fsp3) is 0. The maximum absolute atomic E-state index is 4.47. The molecule has 0 radical (unpaired) electrons. The molecule has 3 aromatic heterocycles. The number of aromatic amines is 1. The Balaban J connectivity index is 1.93. The third-order valence-electron chi connectivity index (χ3n) is 3.03. The summed E-state index contributed by atoms with van der Waals surface area (Å²) in [5, 5.41) is 9.44. The van der Waals surface area contributed by atoms with Gasteiger partial charge in [-0.1, -0.05) is 18.2 Å². The predicted molar refractivity (Wildman–Crippen MR) is 72.4 cm³/mol. The molecule has 1 N–H and O–H groups in total. The average Bonchev–Trinajstić information content (AvgIpc) is 2.90. The summed E-state index contributed by atoms with van der Waals surface area (Å²) in [6.07, 6.45) is 3.37. The highest BCUT2D eigenvalue weighted by atomic mass is 15.2. The predicted octanol–water partition coefficient (Wildman–Crippen LogP) is 2.57. The lowest BCUT2D eigenvalue weighted by atomic mass is 10.2. The minimum absolute atomic E-state index is 0.580. The molecule has 19 heavy (non-hydrogen) atoms. The highest BCUT2D eigenvalue weighted by Gasteiger charge is 2.07. The molecule has 0 aliphatic carbocycles. The van der Waals surface area contributed by atoms with E-state index in [1.54, 1.807) is 18.5 Å². The Labute approximate surface area is 108 Å². The SMILES string of the molecule is c1ccc2[nH]c(-c3nnc4ccncc4n3)cc2c1. The highest BCUT2D eigenvalue weighted by Crippen LogP contribution is 2.21. The number of para-hydroxylation sites is 1. The van der Waals surface area contributed by atoms with E-state index in [1.807, 2.05) is 30.3 Å². The number of fused-ring (bicyclic) bond motifs is 2. The summed E-state index contributed by atoms with van der Waals surface area (Å²) in [5.74, 6) is 0.580. The molecule has 5 heteroatoms. The standard InChI is InChI=1S/C14H9N5/c1-2-4-10-9(3-1)7-12(16-10)14-17-13-8-15-6-5-11(13)18-19-14/h1-8,16H. The summed E-state index contributed by atoms with van der Waals surface area (Å²) < 4.78 is 0. The average molecular weight is 247 g/mol. The van der Waals surface area contributed by atoms with Crippen LogP contribution in [0.15, 0.2) is 48.8 Å². The fourth-order valence-electron chi connectivity index (χ4n) is 2.10. The summed E-state index contributed by atoms with van der Waals surface area (Å²) in [7, 11) is 0. The first-order chi connectivity index (χ1) is 9.40. The van der Waals surface area contributed by atoms with Crippen LogP contribution in [-0.2, 0) is 0 Å². The van der Waals surface area contributed by atoms with E-state index in [2.05, 4.69) is 25.1 Å². The number of benzene rings is 1. The van der Waals surface area contributed by atoms with E-state index >= 15 is 0 Å². The maximum atomic E-state index is 4.47. The van der Waals surface area contributed by atoms with Gasteiger partial charge in [0.05, 0.1) is 11.9 Å². The third kappa shape index (κ3) is 1.63. The number of hydrogen-bond donors (Lipinski definition) is 1. The molecule has 90 valence electrons. The second-order valence-electron chi connectivity index (χ2n) is 4.27. The van der Waals surface area contributed by atoms with Crippen LogP contribution in [0.3, 0.4) is 0 Å². The Morgan fingerprint density at radius 1 is 0.947 bits per heavy atom. The molecular formula is C14H9N5. The summed E-state index contributed by atoms with van der Waals surface area (Å²) in [5.41, 5.74) is 3.41. The molecule has 0 bridgehead atoms. The Morgan fingerprint density at radius 3 is 2.84 bits per heavy atom. The van der Waals surface area contributed by atoms with Crippen LogP contribution in [0.1, 0.15) is 0 Å². The second kappa shape index (κ2) is 3.84. The van der Waals surface area contributed by atoms with Crippen LogP contribution >= 0.6 is 0 Å². The molecule has 0 atom stereocenters. The molecule has 0 aliphatic rings. The number of hydrogen-bond acceptors (Lipinski definition) is 4. The molecule has 0 unspecified atom stereocenters. The normalized spacial score (nSPS) is 11.2. The minimum Gasteiger partial charge on any atom is -0.352 e. The Hall–Kier alpha value is -2.82. The van der Waals surface area contributed by atoms with Gasteiger partial charge in [-0.05, 0) is 18.2 Å². The van der Waals surface area contributed by atoms with Gasteiger partial charge in [0.1, 0.15) is 11.0 Å². The first-order valence-electron chi connectivity index (χ1n) is 5.93. The third-order valence-corrected chi connectivity index (χ3v) is 3.03. The molecule has 4 aromatic rings. The molecule has 0 amide bonds. The van der Waals surface area contributed by atoms with Crippen molar-refractivity contribution >= 4 is 21.9 Å². The van der Waals surface area contributed by atoms with Crippen molar-refractivity contribution in [3.05, 3.63) is 48.8 Å². The first kappa shape index (κ1) is 10.1. The van der Waals surface area contributed by atoms with Gasteiger partial charge in [0.15, 0.2) is 5.82 Å². The van der Waals surface area contributed by atoms with Crippen molar-refractivity contribution in [3.63, 3.8) is 0 Å². The second-order valence-corrected chi connectivity index (χ2v) is 4.27. The zero-order valence-corrected chi connectivity index (χ0v) is 9.91. The monoisotopic (exact) mass is 247 g/mol. The largest absolute Gasteiger partial charge is 0.352 e. The fourth-order valence-corrected chi connectivity index (χ4v) is 2.10. The lowest BCUT2D eigenvalue weighted by molar-refractivity contribution is 1.02. The topological polar surface area (TPSA) is 67.3 Å². The molecule has 1 aromatic carbocycles. The van der Waals surface area contributed by atoms with E-state index < -0.39 is 0 Å². The molecule has 0 spiro atoms. The van der Waals surface area contributed by atoms with E-state index in [1.165, 1.54) is 0 Å². The van der Waals surface area contributed by atoms with Gasteiger partial charge in [-0.15, -0.1) is 10.2 Å². The summed E-state index contributed by atoms with van der Waals surface area (Å²) in [6, 6.07) is 11.9. The van der Waals surface area contributed by atoms with Crippen LogP contribution in [0.5, 0.6) is 0 Å². The lowest BCUT2D eigenvalue weighted by Gasteiger charge is -1.97.